The minimum Gasteiger partial charge on any atom is -0.367 e. The van der Waals surface area contributed by atoms with Crippen LogP contribution in [0.25, 0.3) is 0 Å². The maximum atomic E-state index is 12.6. The van der Waals surface area contributed by atoms with E-state index in [9.17, 15) is 17.6 Å². The lowest BCUT2D eigenvalue weighted by Crippen LogP contribution is -2.32. The molecule has 1 unspecified atom stereocenters. The Hall–Kier alpha value is -1.28. The Labute approximate surface area is 108 Å². The molecule has 0 aliphatic carbocycles. The predicted octanol–water partition coefficient (Wildman–Crippen LogP) is 2.22. The van der Waals surface area contributed by atoms with Crippen LogP contribution < -0.4 is 5.73 Å². The van der Waals surface area contributed by atoms with Gasteiger partial charge in [0.2, 0.25) is 0 Å². The molecule has 0 aliphatic rings. The molecule has 8 heteroatoms. The maximum Gasteiger partial charge on any atom is 0.330 e. The number of nitrogens with two attached hydrogens (primary N) is 1. The Morgan fingerprint density at radius 1 is 1.42 bits per heavy atom. The first-order valence-corrected chi connectivity index (χ1v) is 5.55. The molecule has 0 aromatic carbocycles. The predicted molar refractivity (Wildman–Crippen MR) is 60.0 cm³/mol. The molecule has 0 bridgehead atoms. The van der Waals surface area contributed by atoms with Crippen LogP contribution in [0.3, 0.4) is 0 Å². The largest absolute Gasteiger partial charge is 0.367 e. The van der Waals surface area contributed by atoms with Crippen molar-refractivity contribution < 1.29 is 22.3 Å². The molecule has 108 valence electrons. The Kier molecular flexibility index (Phi) is 5.19. The number of aromatic nitrogens is 2. The van der Waals surface area contributed by atoms with E-state index in [0.29, 0.717) is 5.69 Å². The molecule has 0 fully saturated rings. The summed E-state index contributed by atoms with van der Waals surface area (Å²) in [5, 5.41) is 0. The number of halogens is 4. The van der Waals surface area contributed by atoms with Crippen LogP contribution in [0.5, 0.6) is 0 Å². The molecule has 1 aromatic heterocycles. The highest BCUT2D eigenvalue weighted by atomic mass is 19.3. The highest BCUT2D eigenvalue weighted by molar-refractivity contribution is 5.19. The molecule has 0 amide bonds. The lowest BCUT2D eigenvalue weighted by molar-refractivity contribution is -0.168. The molecule has 1 heterocycles. The van der Waals surface area contributed by atoms with Gasteiger partial charge in [0.15, 0.2) is 5.82 Å². The van der Waals surface area contributed by atoms with E-state index in [2.05, 4.69) is 14.7 Å². The van der Waals surface area contributed by atoms with Gasteiger partial charge in [-0.15, -0.1) is 0 Å². The molecular formula is C11H15F4N3O. The molecule has 0 spiro atoms. The van der Waals surface area contributed by atoms with Gasteiger partial charge >= 0.3 is 12.3 Å². The summed E-state index contributed by atoms with van der Waals surface area (Å²) in [4.78, 5) is 7.89. The van der Waals surface area contributed by atoms with Crippen LogP contribution in [0.2, 0.25) is 0 Å². The summed E-state index contributed by atoms with van der Waals surface area (Å²) in [6.45, 7) is 1.72. The SMILES string of the molecule is Cc1nc(COCC(F)(F)C(F)F)ncc1C(C)N. The third-order valence-electron chi connectivity index (χ3n) is 2.40. The van der Waals surface area contributed by atoms with Crippen LogP contribution >= 0.6 is 0 Å². The fourth-order valence-electron chi connectivity index (χ4n) is 1.38. The second-order valence-electron chi connectivity index (χ2n) is 4.17. The Morgan fingerprint density at radius 3 is 2.53 bits per heavy atom. The smallest absolute Gasteiger partial charge is 0.330 e. The number of nitrogens with zero attached hydrogens (tertiary/aromatic N) is 2. The van der Waals surface area contributed by atoms with Gasteiger partial charge in [-0.2, -0.15) is 8.78 Å². The Morgan fingerprint density at radius 2 is 2.05 bits per heavy atom. The molecule has 0 aliphatic heterocycles. The molecule has 0 saturated heterocycles. The zero-order valence-corrected chi connectivity index (χ0v) is 10.5. The van der Waals surface area contributed by atoms with Crippen molar-refractivity contribution in [1.82, 2.24) is 9.97 Å². The van der Waals surface area contributed by atoms with E-state index in [-0.39, 0.29) is 18.5 Å². The van der Waals surface area contributed by atoms with Crippen LogP contribution in [0, 0.1) is 6.92 Å². The highest BCUT2D eigenvalue weighted by Crippen LogP contribution is 2.23. The zero-order valence-electron chi connectivity index (χ0n) is 10.5. The monoisotopic (exact) mass is 281 g/mol. The summed E-state index contributed by atoms with van der Waals surface area (Å²) in [6.07, 6.45) is -2.28. The van der Waals surface area contributed by atoms with E-state index in [1.807, 2.05) is 0 Å². The first-order valence-electron chi connectivity index (χ1n) is 5.55. The zero-order chi connectivity index (χ0) is 14.6. The van der Waals surface area contributed by atoms with Crippen molar-refractivity contribution in [3.05, 3.63) is 23.3 Å². The van der Waals surface area contributed by atoms with Gasteiger partial charge in [0.1, 0.15) is 13.2 Å². The minimum atomic E-state index is -4.17. The van der Waals surface area contributed by atoms with Gasteiger partial charge in [0, 0.05) is 23.5 Å². The van der Waals surface area contributed by atoms with E-state index in [1.54, 1.807) is 13.8 Å². The van der Waals surface area contributed by atoms with Gasteiger partial charge in [-0.25, -0.2) is 18.7 Å². The van der Waals surface area contributed by atoms with Gasteiger partial charge in [-0.1, -0.05) is 0 Å². The number of hydrogen-bond donors (Lipinski definition) is 1. The molecule has 19 heavy (non-hydrogen) atoms. The quantitative estimate of drug-likeness (QED) is 0.812. The topological polar surface area (TPSA) is 61.0 Å². The van der Waals surface area contributed by atoms with Crippen LogP contribution in [-0.2, 0) is 11.3 Å². The molecule has 2 N–H and O–H groups in total. The van der Waals surface area contributed by atoms with Gasteiger partial charge in [0.05, 0.1) is 0 Å². The number of alkyl halides is 4. The van der Waals surface area contributed by atoms with E-state index in [1.165, 1.54) is 6.20 Å². The van der Waals surface area contributed by atoms with Crippen molar-refractivity contribution in [3.8, 4) is 0 Å². The van der Waals surface area contributed by atoms with Crippen molar-refractivity contribution in [2.24, 2.45) is 5.73 Å². The second-order valence-corrected chi connectivity index (χ2v) is 4.17. The van der Waals surface area contributed by atoms with Crippen LogP contribution in [0.4, 0.5) is 17.6 Å². The maximum absolute atomic E-state index is 12.6. The van der Waals surface area contributed by atoms with Crippen molar-refractivity contribution in [3.63, 3.8) is 0 Å². The normalized spacial score (nSPS) is 13.9. The molecular weight excluding hydrogens is 266 g/mol. The third kappa shape index (κ3) is 4.39. The van der Waals surface area contributed by atoms with Gasteiger partial charge in [-0.3, -0.25) is 0 Å². The first-order chi connectivity index (χ1) is 8.74. The highest BCUT2D eigenvalue weighted by Gasteiger charge is 2.40. The number of rotatable bonds is 6. The van der Waals surface area contributed by atoms with Crippen LogP contribution in [-0.4, -0.2) is 28.9 Å². The van der Waals surface area contributed by atoms with Gasteiger partial charge in [0.25, 0.3) is 0 Å². The summed E-state index contributed by atoms with van der Waals surface area (Å²) in [7, 11) is 0. The summed E-state index contributed by atoms with van der Waals surface area (Å²) in [5.41, 5.74) is 6.99. The first kappa shape index (κ1) is 15.8. The fraction of sp³-hybridized carbons (Fsp3) is 0.636. The standard InChI is InChI=1S/C11H15F4N3O/c1-6(16)8-3-17-9(18-7(8)2)4-19-5-11(14,15)10(12)13/h3,6,10H,4-5,16H2,1-2H3. The average molecular weight is 281 g/mol. The van der Waals surface area contributed by atoms with Crippen molar-refractivity contribution >= 4 is 0 Å². The molecule has 1 aromatic rings. The average Bonchev–Trinajstić information content (AvgIpc) is 2.28. The second kappa shape index (κ2) is 6.25. The minimum absolute atomic E-state index is 0.145. The van der Waals surface area contributed by atoms with Crippen LogP contribution in [0.15, 0.2) is 6.20 Å². The van der Waals surface area contributed by atoms with E-state index in [4.69, 9.17) is 5.73 Å². The lowest BCUT2D eigenvalue weighted by atomic mass is 10.1. The fourth-order valence-corrected chi connectivity index (χ4v) is 1.38. The molecule has 4 nitrogen and oxygen atoms in total. The Balaban J connectivity index is 2.58. The molecule has 0 saturated carbocycles. The van der Waals surface area contributed by atoms with E-state index in [0.717, 1.165) is 5.56 Å². The summed E-state index contributed by atoms with van der Waals surface area (Å²) in [5.74, 6) is -4.02. The molecule has 1 atom stereocenters. The number of hydrogen-bond acceptors (Lipinski definition) is 4. The lowest BCUT2D eigenvalue weighted by Gasteiger charge is -2.15. The van der Waals surface area contributed by atoms with Crippen LogP contribution in [0.1, 0.15) is 30.0 Å². The van der Waals surface area contributed by atoms with Crippen molar-refractivity contribution in [1.29, 1.82) is 0 Å². The summed E-state index contributed by atoms with van der Waals surface area (Å²) >= 11 is 0. The van der Waals surface area contributed by atoms with Crippen molar-refractivity contribution in [2.45, 2.75) is 38.8 Å². The van der Waals surface area contributed by atoms with E-state index >= 15 is 0 Å². The van der Waals surface area contributed by atoms with Gasteiger partial charge in [-0.05, 0) is 13.8 Å². The summed E-state index contributed by atoms with van der Waals surface area (Å²) in [6, 6.07) is -0.252. The number of aryl methyl sites for hydroxylation is 1. The van der Waals surface area contributed by atoms with Crippen molar-refractivity contribution in [2.75, 3.05) is 6.61 Å². The third-order valence-corrected chi connectivity index (χ3v) is 2.40. The Bertz CT molecular complexity index is 426. The number of ether oxygens (including phenoxy) is 1. The summed E-state index contributed by atoms with van der Waals surface area (Å²) < 4.78 is 53.4. The van der Waals surface area contributed by atoms with E-state index < -0.39 is 19.0 Å². The van der Waals surface area contributed by atoms with Gasteiger partial charge < -0.3 is 10.5 Å². The molecule has 0 radical (unpaired) electrons. The molecule has 1 rings (SSSR count).